The molecule has 11 heteroatoms. The minimum Gasteiger partial charge on any atom is -0.408 e. The predicted octanol–water partition coefficient (Wildman–Crippen LogP) is 2.82. The summed E-state index contributed by atoms with van der Waals surface area (Å²) in [5.74, 6) is 1.41. The molecular weight excluding hydrogens is 436 g/mol. The van der Waals surface area contributed by atoms with Crippen LogP contribution in [0, 0.1) is 6.92 Å². The Labute approximate surface area is 194 Å². The van der Waals surface area contributed by atoms with Crippen LogP contribution in [-0.2, 0) is 4.79 Å². The van der Waals surface area contributed by atoms with Gasteiger partial charge in [-0.1, -0.05) is 0 Å². The highest BCUT2D eigenvalue weighted by Gasteiger charge is 2.23. The van der Waals surface area contributed by atoms with Gasteiger partial charge in [-0.05, 0) is 43.7 Å². The van der Waals surface area contributed by atoms with Crippen molar-refractivity contribution >= 4 is 46.0 Å². The summed E-state index contributed by atoms with van der Waals surface area (Å²) >= 11 is 0. The molecule has 0 spiro atoms. The van der Waals surface area contributed by atoms with Crippen molar-refractivity contribution in [1.82, 2.24) is 25.3 Å². The summed E-state index contributed by atoms with van der Waals surface area (Å²) in [6, 6.07) is 9.33. The van der Waals surface area contributed by atoms with Crippen LogP contribution in [0.4, 0.5) is 29.0 Å². The number of oxazole rings is 1. The number of carbonyl (C=O) groups excluding carboxylic acids is 1. The summed E-state index contributed by atoms with van der Waals surface area (Å²) in [5.41, 5.74) is 3.48. The summed E-state index contributed by atoms with van der Waals surface area (Å²) in [6.45, 7) is 5.04. The molecule has 4 aromatic rings. The van der Waals surface area contributed by atoms with E-state index in [2.05, 4.69) is 40.8 Å². The molecule has 4 N–H and O–H groups in total. The largest absolute Gasteiger partial charge is 0.417 e. The van der Waals surface area contributed by atoms with E-state index in [9.17, 15) is 9.59 Å². The third-order valence-electron chi connectivity index (χ3n) is 5.58. The molecule has 1 aliphatic rings. The molecule has 0 bridgehead atoms. The number of aryl methyl sites for hydroxylation is 1. The fourth-order valence-electron chi connectivity index (χ4n) is 3.95. The summed E-state index contributed by atoms with van der Waals surface area (Å²) in [6.07, 6.45) is 4.36. The molecule has 1 unspecified atom stereocenters. The molecule has 1 aromatic carbocycles. The molecule has 3 aromatic heterocycles. The second kappa shape index (κ2) is 8.85. The number of nitrogens with one attached hydrogen (secondary N) is 4. The van der Waals surface area contributed by atoms with Crippen LogP contribution in [0.25, 0.3) is 11.1 Å². The van der Waals surface area contributed by atoms with Crippen molar-refractivity contribution in [3.05, 3.63) is 58.8 Å². The van der Waals surface area contributed by atoms with E-state index >= 15 is 0 Å². The number of aromatic amines is 1. The van der Waals surface area contributed by atoms with E-state index in [1.165, 1.54) is 6.92 Å². The molecule has 5 rings (SSSR count). The number of hydrogen-bond acceptors (Lipinski definition) is 9. The van der Waals surface area contributed by atoms with Gasteiger partial charge in [0.15, 0.2) is 5.58 Å². The molecular formula is C23H24N8O3. The normalized spacial score (nSPS) is 15.5. The lowest BCUT2D eigenvalue weighted by molar-refractivity contribution is -0.119. The van der Waals surface area contributed by atoms with Crippen LogP contribution in [-0.4, -0.2) is 45.0 Å². The van der Waals surface area contributed by atoms with Crippen molar-refractivity contribution in [3.8, 4) is 0 Å². The maximum absolute atomic E-state index is 11.4. The van der Waals surface area contributed by atoms with Crippen LogP contribution in [0.3, 0.4) is 0 Å². The molecule has 11 nitrogen and oxygen atoms in total. The Hall–Kier alpha value is -4.41. The standard InChI is InChI=1S/C23H24N8O3/c1-13-10-25-22(30-21(13)27-15-3-5-19-18(9-15)29-23(33)34-19)28-16-4-6-20(24-11-16)31-8-7-17(12-31)26-14(2)32/h3-6,9-11,17H,7-8,12H2,1-2H3,(H,26,32)(H,29,33)(H2,25,27,28,30). The molecule has 1 amide bonds. The van der Waals surface area contributed by atoms with E-state index < -0.39 is 5.76 Å². The molecule has 0 saturated carbocycles. The SMILES string of the molecule is CC(=O)NC1CCN(c2ccc(Nc3ncc(C)c(Nc4ccc5oc(=O)[nH]c5c4)n3)cn2)C1. The second-order valence-electron chi connectivity index (χ2n) is 8.24. The van der Waals surface area contributed by atoms with Crippen molar-refractivity contribution in [3.63, 3.8) is 0 Å². The van der Waals surface area contributed by atoms with Gasteiger partial charge in [-0.25, -0.2) is 14.8 Å². The summed E-state index contributed by atoms with van der Waals surface area (Å²) in [5, 5.41) is 9.40. The van der Waals surface area contributed by atoms with Gasteiger partial charge in [-0.3, -0.25) is 9.78 Å². The third-order valence-corrected chi connectivity index (χ3v) is 5.58. The van der Waals surface area contributed by atoms with Crippen molar-refractivity contribution < 1.29 is 9.21 Å². The number of rotatable bonds is 6. The fourth-order valence-corrected chi connectivity index (χ4v) is 3.95. The van der Waals surface area contributed by atoms with Gasteiger partial charge in [0.05, 0.1) is 17.4 Å². The smallest absolute Gasteiger partial charge is 0.408 e. The molecule has 0 radical (unpaired) electrons. The zero-order chi connectivity index (χ0) is 23.7. The van der Waals surface area contributed by atoms with Gasteiger partial charge in [0.25, 0.3) is 0 Å². The van der Waals surface area contributed by atoms with E-state index in [4.69, 9.17) is 4.42 Å². The Morgan fingerprint density at radius 3 is 2.79 bits per heavy atom. The van der Waals surface area contributed by atoms with Crippen LogP contribution in [0.5, 0.6) is 0 Å². The van der Waals surface area contributed by atoms with Gasteiger partial charge in [0.1, 0.15) is 11.6 Å². The molecule has 4 heterocycles. The minimum absolute atomic E-state index is 0.0109. The van der Waals surface area contributed by atoms with E-state index in [1.54, 1.807) is 24.5 Å². The molecule has 174 valence electrons. The number of benzene rings is 1. The van der Waals surface area contributed by atoms with E-state index in [-0.39, 0.29) is 11.9 Å². The molecule has 1 atom stereocenters. The van der Waals surface area contributed by atoms with Crippen molar-refractivity contribution in [1.29, 1.82) is 0 Å². The monoisotopic (exact) mass is 460 g/mol. The van der Waals surface area contributed by atoms with Gasteiger partial charge in [-0.15, -0.1) is 0 Å². The first-order valence-corrected chi connectivity index (χ1v) is 10.9. The number of amides is 1. The van der Waals surface area contributed by atoms with E-state index in [0.717, 1.165) is 42.3 Å². The first kappa shape index (κ1) is 21.4. The van der Waals surface area contributed by atoms with Gasteiger partial charge >= 0.3 is 5.76 Å². The molecule has 1 fully saturated rings. The lowest BCUT2D eigenvalue weighted by Crippen LogP contribution is -2.35. The number of pyridine rings is 1. The van der Waals surface area contributed by atoms with Gasteiger partial charge in [0.2, 0.25) is 11.9 Å². The second-order valence-corrected chi connectivity index (χ2v) is 8.24. The lowest BCUT2D eigenvalue weighted by Gasteiger charge is -2.18. The first-order chi connectivity index (χ1) is 16.4. The maximum atomic E-state index is 11.4. The summed E-state index contributed by atoms with van der Waals surface area (Å²) in [4.78, 5) is 40.9. The number of aromatic nitrogens is 4. The zero-order valence-corrected chi connectivity index (χ0v) is 18.8. The number of nitrogens with zero attached hydrogens (tertiary/aromatic N) is 4. The third kappa shape index (κ3) is 4.68. The average Bonchev–Trinajstić information content (AvgIpc) is 3.41. The Bertz CT molecular complexity index is 1400. The van der Waals surface area contributed by atoms with Crippen LogP contribution >= 0.6 is 0 Å². The van der Waals surface area contributed by atoms with Gasteiger partial charge in [0, 0.05) is 43.5 Å². The molecule has 0 aliphatic carbocycles. The number of anilines is 5. The van der Waals surface area contributed by atoms with Crippen molar-refractivity contribution in [2.45, 2.75) is 26.3 Å². The number of H-pyrrole nitrogens is 1. The van der Waals surface area contributed by atoms with Crippen molar-refractivity contribution in [2.24, 2.45) is 0 Å². The van der Waals surface area contributed by atoms with Crippen LogP contribution in [0.15, 0.2) is 51.9 Å². The topological polar surface area (TPSA) is 141 Å². The van der Waals surface area contributed by atoms with Crippen molar-refractivity contribution in [2.75, 3.05) is 28.6 Å². The predicted molar refractivity (Wildman–Crippen MR) is 129 cm³/mol. The lowest BCUT2D eigenvalue weighted by atomic mass is 10.2. The molecule has 1 saturated heterocycles. The minimum atomic E-state index is -0.492. The highest BCUT2D eigenvalue weighted by molar-refractivity contribution is 5.78. The highest BCUT2D eigenvalue weighted by Crippen LogP contribution is 2.24. The highest BCUT2D eigenvalue weighted by atomic mass is 16.4. The number of fused-ring (bicyclic) bond motifs is 1. The maximum Gasteiger partial charge on any atom is 0.417 e. The summed E-state index contributed by atoms with van der Waals surface area (Å²) < 4.78 is 5.04. The van der Waals surface area contributed by atoms with Gasteiger partial charge < -0.3 is 25.3 Å². The quantitative estimate of drug-likeness (QED) is 0.342. The van der Waals surface area contributed by atoms with Gasteiger partial charge in [-0.2, -0.15) is 4.98 Å². The number of hydrogen-bond donors (Lipinski definition) is 4. The Balaban J connectivity index is 1.27. The van der Waals surface area contributed by atoms with E-state index in [1.807, 2.05) is 25.1 Å². The Morgan fingerprint density at radius 2 is 2.00 bits per heavy atom. The summed E-state index contributed by atoms with van der Waals surface area (Å²) in [7, 11) is 0. The van der Waals surface area contributed by atoms with Crippen LogP contribution < -0.4 is 26.6 Å². The molecule has 1 aliphatic heterocycles. The zero-order valence-electron chi connectivity index (χ0n) is 18.8. The van der Waals surface area contributed by atoms with E-state index in [0.29, 0.717) is 22.9 Å². The number of carbonyl (C=O) groups is 1. The fraction of sp³-hybridized carbons (Fsp3) is 0.261. The average molecular weight is 460 g/mol. The Morgan fingerprint density at radius 1 is 1.15 bits per heavy atom. The van der Waals surface area contributed by atoms with Crippen LogP contribution in [0.2, 0.25) is 0 Å². The molecule has 34 heavy (non-hydrogen) atoms. The van der Waals surface area contributed by atoms with Crippen LogP contribution in [0.1, 0.15) is 18.9 Å². The Kier molecular flexibility index (Phi) is 5.58. The first-order valence-electron chi connectivity index (χ1n) is 10.9.